The number of carbonyl (C=O) groups is 1. The molecule has 19 heavy (non-hydrogen) atoms. The molecule has 0 aliphatic rings. The molecule has 3 N–H and O–H groups in total. The average molecular weight is 389 g/mol. The Morgan fingerprint density at radius 1 is 1.37 bits per heavy atom. The van der Waals surface area contributed by atoms with E-state index in [0.29, 0.717) is 16.0 Å². The minimum absolute atomic E-state index is 0.110. The lowest BCUT2D eigenvalue weighted by Gasteiger charge is -2.08. The number of hydrogen-bond donors (Lipinski definition) is 2. The summed E-state index contributed by atoms with van der Waals surface area (Å²) in [5.41, 5.74) is 6.21. The van der Waals surface area contributed by atoms with E-state index < -0.39 is 11.7 Å². The zero-order chi connectivity index (χ0) is 14.0. The van der Waals surface area contributed by atoms with E-state index >= 15 is 0 Å². The number of benzene rings is 1. The van der Waals surface area contributed by atoms with Crippen molar-refractivity contribution >= 4 is 49.3 Å². The molecule has 1 amide bonds. The molecule has 0 atom stereocenters. The number of nitrogens with zero attached hydrogens (tertiary/aromatic N) is 1. The first-order chi connectivity index (χ1) is 8.99. The molecule has 1 aromatic carbocycles. The van der Waals surface area contributed by atoms with Crippen LogP contribution in [-0.2, 0) is 0 Å². The van der Waals surface area contributed by atoms with Crippen molar-refractivity contribution < 1.29 is 9.18 Å². The highest BCUT2D eigenvalue weighted by Crippen LogP contribution is 2.25. The van der Waals surface area contributed by atoms with Gasteiger partial charge >= 0.3 is 0 Å². The highest BCUT2D eigenvalue weighted by molar-refractivity contribution is 9.11. The van der Waals surface area contributed by atoms with Gasteiger partial charge in [-0.2, -0.15) is 0 Å². The van der Waals surface area contributed by atoms with Gasteiger partial charge in [0.05, 0.1) is 26.4 Å². The van der Waals surface area contributed by atoms with Crippen LogP contribution in [-0.4, -0.2) is 10.9 Å². The number of amides is 1. The van der Waals surface area contributed by atoms with Crippen molar-refractivity contribution in [2.45, 2.75) is 0 Å². The van der Waals surface area contributed by atoms with Gasteiger partial charge in [0, 0.05) is 0 Å². The Morgan fingerprint density at radius 3 is 2.79 bits per heavy atom. The lowest BCUT2D eigenvalue weighted by atomic mass is 10.2. The van der Waals surface area contributed by atoms with E-state index in [2.05, 4.69) is 42.2 Å². The SMILES string of the molecule is Nc1cnc(NC(=O)c2cccc(F)c2Br)c(Br)c1. The van der Waals surface area contributed by atoms with Crippen molar-refractivity contribution in [2.24, 2.45) is 0 Å². The predicted molar refractivity (Wildman–Crippen MR) is 78.4 cm³/mol. The lowest BCUT2D eigenvalue weighted by molar-refractivity contribution is 0.102. The van der Waals surface area contributed by atoms with Gasteiger partial charge in [-0.15, -0.1) is 0 Å². The van der Waals surface area contributed by atoms with Crippen molar-refractivity contribution in [1.82, 2.24) is 4.98 Å². The summed E-state index contributed by atoms with van der Waals surface area (Å²) in [5.74, 6) is -0.656. The van der Waals surface area contributed by atoms with Gasteiger partial charge in [0.1, 0.15) is 11.6 Å². The van der Waals surface area contributed by atoms with Gasteiger partial charge in [-0.1, -0.05) is 6.07 Å². The maximum absolute atomic E-state index is 13.3. The van der Waals surface area contributed by atoms with E-state index in [4.69, 9.17) is 5.73 Å². The van der Waals surface area contributed by atoms with Crippen LogP contribution in [0, 0.1) is 5.82 Å². The van der Waals surface area contributed by atoms with E-state index in [1.807, 2.05) is 0 Å². The molecule has 1 aromatic heterocycles. The number of nitrogen functional groups attached to an aromatic ring is 1. The summed E-state index contributed by atoms with van der Waals surface area (Å²) >= 11 is 6.27. The van der Waals surface area contributed by atoms with Crippen molar-refractivity contribution in [3.8, 4) is 0 Å². The smallest absolute Gasteiger partial charge is 0.258 e. The third-order valence-corrected chi connectivity index (χ3v) is 3.70. The number of hydrogen-bond acceptors (Lipinski definition) is 3. The molecule has 1 heterocycles. The zero-order valence-electron chi connectivity index (χ0n) is 9.45. The number of nitrogens with two attached hydrogens (primary N) is 1. The molecule has 4 nitrogen and oxygen atoms in total. The minimum atomic E-state index is -0.503. The van der Waals surface area contributed by atoms with E-state index in [-0.39, 0.29) is 10.0 Å². The Kier molecular flexibility index (Phi) is 4.16. The van der Waals surface area contributed by atoms with Gasteiger partial charge in [0.25, 0.3) is 5.91 Å². The second-order valence-corrected chi connectivity index (χ2v) is 5.30. The van der Waals surface area contributed by atoms with Crippen molar-refractivity contribution in [3.63, 3.8) is 0 Å². The predicted octanol–water partition coefficient (Wildman–Crippen LogP) is 3.58. The van der Waals surface area contributed by atoms with Crippen LogP contribution < -0.4 is 11.1 Å². The van der Waals surface area contributed by atoms with Gasteiger partial charge in [-0.05, 0) is 50.1 Å². The fourth-order valence-corrected chi connectivity index (χ4v) is 2.31. The van der Waals surface area contributed by atoms with Crippen molar-refractivity contribution in [3.05, 3.63) is 50.8 Å². The van der Waals surface area contributed by atoms with Crippen LogP contribution >= 0.6 is 31.9 Å². The maximum atomic E-state index is 13.3. The van der Waals surface area contributed by atoms with Crippen LogP contribution in [0.2, 0.25) is 0 Å². The number of anilines is 2. The van der Waals surface area contributed by atoms with E-state index in [1.54, 1.807) is 6.07 Å². The molecule has 0 bridgehead atoms. The summed E-state index contributed by atoms with van der Waals surface area (Å²) in [6, 6.07) is 5.84. The number of nitrogens with one attached hydrogen (secondary N) is 1. The molecule has 0 spiro atoms. The number of rotatable bonds is 2. The van der Waals surface area contributed by atoms with Crippen LogP contribution in [0.1, 0.15) is 10.4 Å². The van der Waals surface area contributed by atoms with Crippen LogP contribution in [0.5, 0.6) is 0 Å². The molecular formula is C12H8Br2FN3O. The van der Waals surface area contributed by atoms with Crippen molar-refractivity contribution in [2.75, 3.05) is 11.1 Å². The summed E-state index contributed by atoms with van der Waals surface area (Å²) in [4.78, 5) is 16.0. The standard InChI is InChI=1S/C12H8Br2FN3O/c13-8-4-6(16)5-17-11(8)18-12(19)7-2-1-3-9(15)10(7)14/h1-5H,16H2,(H,17,18,19). The molecule has 0 saturated carbocycles. The maximum Gasteiger partial charge on any atom is 0.258 e. The van der Waals surface area contributed by atoms with Crippen LogP contribution in [0.4, 0.5) is 15.9 Å². The molecule has 0 aliphatic carbocycles. The molecular weight excluding hydrogens is 381 g/mol. The lowest BCUT2D eigenvalue weighted by Crippen LogP contribution is -2.14. The van der Waals surface area contributed by atoms with Crippen LogP contribution in [0.25, 0.3) is 0 Å². The highest BCUT2D eigenvalue weighted by Gasteiger charge is 2.14. The number of aromatic nitrogens is 1. The average Bonchev–Trinajstić information content (AvgIpc) is 2.36. The minimum Gasteiger partial charge on any atom is -0.397 e. The van der Waals surface area contributed by atoms with E-state index in [9.17, 15) is 9.18 Å². The summed E-state index contributed by atoms with van der Waals surface area (Å²) in [5, 5.41) is 2.57. The van der Waals surface area contributed by atoms with Crippen LogP contribution in [0.3, 0.4) is 0 Å². The summed E-state index contributed by atoms with van der Waals surface area (Å²) in [6.45, 7) is 0. The third-order valence-electron chi connectivity index (χ3n) is 2.29. The Morgan fingerprint density at radius 2 is 2.11 bits per heavy atom. The van der Waals surface area contributed by atoms with E-state index in [0.717, 1.165) is 0 Å². The van der Waals surface area contributed by atoms with Gasteiger partial charge in [0.15, 0.2) is 0 Å². The molecule has 0 fully saturated rings. The first kappa shape index (κ1) is 14.0. The Labute approximate surface area is 125 Å². The van der Waals surface area contributed by atoms with Crippen LogP contribution in [0.15, 0.2) is 39.4 Å². The highest BCUT2D eigenvalue weighted by atomic mass is 79.9. The Bertz CT molecular complexity index is 649. The molecule has 7 heteroatoms. The normalized spacial score (nSPS) is 10.3. The Balaban J connectivity index is 2.28. The topological polar surface area (TPSA) is 68.0 Å². The fraction of sp³-hybridized carbons (Fsp3) is 0. The van der Waals surface area contributed by atoms with Gasteiger partial charge in [-0.25, -0.2) is 9.37 Å². The molecule has 98 valence electrons. The first-order valence-corrected chi connectivity index (χ1v) is 6.74. The number of carbonyl (C=O) groups excluding carboxylic acids is 1. The molecule has 0 radical (unpaired) electrons. The Hall–Kier alpha value is -1.47. The van der Waals surface area contributed by atoms with Crippen molar-refractivity contribution in [1.29, 1.82) is 0 Å². The van der Waals surface area contributed by atoms with Gasteiger partial charge in [0.2, 0.25) is 0 Å². The second kappa shape index (κ2) is 5.66. The van der Waals surface area contributed by atoms with Gasteiger partial charge < -0.3 is 11.1 Å². The summed E-state index contributed by atoms with van der Waals surface area (Å²) < 4.78 is 14.0. The molecule has 2 aromatic rings. The molecule has 0 saturated heterocycles. The summed E-state index contributed by atoms with van der Waals surface area (Å²) in [6.07, 6.45) is 1.42. The fourth-order valence-electron chi connectivity index (χ4n) is 1.40. The number of halogens is 3. The largest absolute Gasteiger partial charge is 0.397 e. The quantitative estimate of drug-likeness (QED) is 0.826. The molecule has 2 rings (SSSR count). The monoisotopic (exact) mass is 387 g/mol. The van der Waals surface area contributed by atoms with Gasteiger partial charge in [-0.3, -0.25) is 4.79 Å². The second-order valence-electron chi connectivity index (χ2n) is 3.65. The molecule has 0 aliphatic heterocycles. The summed E-state index contributed by atoms with van der Waals surface area (Å²) in [7, 11) is 0. The third kappa shape index (κ3) is 3.10. The first-order valence-electron chi connectivity index (χ1n) is 5.15. The zero-order valence-corrected chi connectivity index (χ0v) is 12.6. The van der Waals surface area contributed by atoms with E-state index in [1.165, 1.54) is 24.4 Å². The number of pyridine rings is 1. The molecule has 0 unspecified atom stereocenters.